The Kier molecular flexibility index (Phi) is 3.14. The fourth-order valence-electron chi connectivity index (χ4n) is 1.56. The van der Waals surface area contributed by atoms with E-state index in [0.717, 1.165) is 16.5 Å². The Labute approximate surface area is 103 Å². The fraction of sp³-hybridized carbons (Fsp3) is 0.182. The van der Waals surface area contributed by atoms with Crippen molar-refractivity contribution < 1.29 is 4.92 Å². The number of nitrogens with zero attached hydrogens (tertiary/aromatic N) is 3. The quantitative estimate of drug-likeness (QED) is 0.392. The van der Waals surface area contributed by atoms with Crippen LogP contribution in [0.25, 0.3) is 10.9 Å². The minimum absolute atomic E-state index is 0.0655. The number of nitro groups is 1. The molecule has 1 aromatic carbocycles. The maximum Gasteiger partial charge on any atom is 0.271 e. The summed E-state index contributed by atoms with van der Waals surface area (Å²) in [6.07, 6.45) is 1.69. The summed E-state index contributed by atoms with van der Waals surface area (Å²) in [4.78, 5) is 10.3. The Morgan fingerprint density at radius 3 is 3.00 bits per heavy atom. The van der Waals surface area contributed by atoms with Gasteiger partial charge in [0.2, 0.25) is 0 Å². The van der Waals surface area contributed by atoms with Gasteiger partial charge < -0.3 is 0 Å². The van der Waals surface area contributed by atoms with Gasteiger partial charge in [0.25, 0.3) is 5.69 Å². The summed E-state index contributed by atoms with van der Waals surface area (Å²) in [7, 11) is 0. The maximum absolute atomic E-state index is 10.7. The van der Waals surface area contributed by atoms with E-state index in [1.807, 2.05) is 0 Å². The summed E-state index contributed by atoms with van der Waals surface area (Å²) in [6.45, 7) is 4.36. The monoisotopic (exact) mass is 249 g/mol. The van der Waals surface area contributed by atoms with Crippen molar-refractivity contribution in [1.82, 2.24) is 9.78 Å². The molecular weight excluding hydrogens is 238 g/mol. The van der Waals surface area contributed by atoms with E-state index in [9.17, 15) is 10.1 Å². The number of aromatic nitrogens is 2. The van der Waals surface area contributed by atoms with Crippen LogP contribution in [-0.4, -0.2) is 20.5 Å². The lowest BCUT2D eigenvalue weighted by Gasteiger charge is -2.04. The molecule has 1 heterocycles. The van der Waals surface area contributed by atoms with E-state index in [4.69, 9.17) is 0 Å². The largest absolute Gasteiger partial charge is 0.271 e. The van der Waals surface area contributed by atoms with E-state index in [1.165, 1.54) is 12.1 Å². The predicted molar refractivity (Wildman–Crippen MR) is 69.4 cm³/mol. The number of non-ortho nitro benzene ring substituents is 1. The summed E-state index contributed by atoms with van der Waals surface area (Å²) in [5.74, 6) is 0.566. The van der Waals surface area contributed by atoms with Gasteiger partial charge in [-0.1, -0.05) is 6.58 Å². The summed E-state index contributed by atoms with van der Waals surface area (Å²) in [6, 6.07) is 4.69. The molecule has 2 aromatic rings. The summed E-state index contributed by atoms with van der Waals surface area (Å²) >= 11 is 4.13. The molecule has 0 radical (unpaired) electrons. The number of thiol groups is 1. The zero-order valence-electron chi connectivity index (χ0n) is 9.04. The van der Waals surface area contributed by atoms with Crippen molar-refractivity contribution >= 4 is 29.2 Å². The van der Waals surface area contributed by atoms with Gasteiger partial charge in [0.1, 0.15) is 0 Å². The maximum atomic E-state index is 10.7. The highest BCUT2D eigenvalue weighted by Crippen LogP contribution is 2.21. The van der Waals surface area contributed by atoms with Gasteiger partial charge in [-0.2, -0.15) is 17.7 Å². The third kappa shape index (κ3) is 2.31. The molecule has 5 nitrogen and oxygen atoms in total. The van der Waals surface area contributed by atoms with E-state index in [2.05, 4.69) is 24.3 Å². The fourth-order valence-corrected chi connectivity index (χ4v) is 1.66. The van der Waals surface area contributed by atoms with Crippen LogP contribution in [-0.2, 0) is 6.54 Å². The van der Waals surface area contributed by atoms with Crippen LogP contribution in [0.5, 0.6) is 0 Å². The molecule has 0 bridgehead atoms. The third-order valence-corrected chi connectivity index (χ3v) is 2.88. The number of nitro benzene ring substituents is 1. The molecule has 0 amide bonds. The van der Waals surface area contributed by atoms with Gasteiger partial charge in [0.05, 0.1) is 23.2 Å². The molecule has 88 valence electrons. The molecule has 6 heteroatoms. The van der Waals surface area contributed by atoms with Gasteiger partial charge in [-0.05, 0) is 11.6 Å². The molecule has 0 aliphatic carbocycles. The first-order valence-electron chi connectivity index (χ1n) is 4.99. The highest BCUT2D eigenvalue weighted by atomic mass is 32.1. The van der Waals surface area contributed by atoms with Gasteiger partial charge >= 0.3 is 0 Å². The van der Waals surface area contributed by atoms with Gasteiger partial charge in [0.15, 0.2) is 0 Å². The molecular formula is C11H11N3O2S. The highest BCUT2D eigenvalue weighted by Gasteiger charge is 2.10. The molecule has 0 unspecified atom stereocenters. The third-order valence-electron chi connectivity index (χ3n) is 2.44. The van der Waals surface area contributed by atoms with E-state index >= 15 is 0 Å². The molecule has 0 saturated heterocycles. The van der Waals surface area contributed by atoms with Crippen molar-refractivity contribution in [2.24, 2.45) is 0 Å². The summed E-state index contributed by atoms with van der Waals surface area (Å²) in [5, 5.41) is 15.8. The normalized spacial score (nSPS) is 10.6. The van der Waals surface area contributed by atoms with Gasteiger partial charge in [0, 0.05) is 23.3 Å². The van der Waals surface area contributed by atoms with Crippen molar-refractivity contribution in [3.8, 4) is 0 Å². The average Bonchev–Trinajstić information content (AvgIpc) is 2.71. The lowest BCUT2D eigenvalue weighted by Crippen LogP contribution is -2.03. The Hall–Kier alpha value is -1.82. The second kappa shape index (κ2) is 4.58. The predicted octanol–water partition coefficient (Wildman–Crippen LogP) is 2.43. The number of hydrogen-bond donors (Lipinski definition) is 1. The molecule has 0 aliphatic rings. The number of rotatable bonds is 4. The van der Waals surface area contributed by atoms with Crippen molar-refractivity contribution in [2.75, 3.05) is 5.75 Å². The van der Waals surface area contributed by atoms with Gasteiger partial charge in [-0.15, -0.1) is 0 Å². The van der Waals surface area contributed by atoms with Crippen LogP contribution in [0.3, 0.4) is 0 Å². The first-order chi connectivity index (χ1) is 8.11. The number of fused-ring (bicyclic) bond motifs is 1. The van der Waals surface area contributed by atoms with Crippen LogP contribution < -0.4 is 0 Å². The Morgan fingerprint density at radius 2 is 2.35 bits per heavy atom. The van der Waals surface area contributed by atoms with Crippen molar-refractivity contribution in [3.63, 3.8) is 0 Å². The minimum atomic E-state index is -0.412. The van der Waals surface area contributed by atoms with Gasteiger partial charge in [-0.25, -0.2) is 0 Å². The molecule has 0 atom stereocenters. The summed E-state index contributed by atoms with van der Waals surface area (Å²) < 4.78 is 1.70. The molecule has 0 fully saturated rings. The summed E-state index contributed by atoms with van der Waals surface area (Å²) in [5.41, 5.74) is 1.71. The SMILES string of the molecule is C=C(CS)Cn1ncc2ccc([N+](=O)[O-])cc21. The van der Waals surface area contributed by atoms with E-state index in [1.54, 1.807) is 16.9 Å². The van der Waals surface area contributed by atoms with Crippen LogP contribution in [0.2, 0.25) is 0 Å². The zero-order valence-corrected chi connectivity index (χ0v) is 9.93. The zero-order chi connectivity index (χ0) is 12.4. The number of hydrogen-bond acceptors (Lipinski definition) is 4. The first-order valence-corrected chi connectivity index (χ1v) is 5.62. The van der Waals surface area contributed by atoms with Crippen LogP contribution in [0.4, 0.5) is 5.69 Å². The smallest absolute Gasteiger partial charge is 0.260 e. The average molecular weight is 249 g/mol. The molecule has 17 heavy (non-hydrogen) atoms. The minimum Gasteiger partial charge on any atom is -0.260 e. The molecule has 1 aromatic heterocycles. The van der Waals surface area contributed by atoms with Crippen LogP contribution >= 0.6 is 12.6 Å². The van der Waals surface area contributed by atoms with Crippen LogP contribution in [0, 0.1) is 10.1 Å². The second-order valence-electron chi connectivity index (χ2n) is 3.71. The lowest BCUT2D eigenvalue weighted by atomic mass is 10.2. The Bertz CT molecular complexity index is 591. The molecule has 0 N–H and O–H groups in total. The molecule has 0 saturated carbocycles. The van der Waals surface area contributed by atoms with E-state index < -0.39 is 4.92 Å². The molecule has 0 spiro atoms. The Balaban J connectivity index is 2.46. The Morgan fingerprint density at radius 1 is 1.59 bits per heavy atom. The second-order valence-corrected chi connectivity index (χ2v) is 4.03. The van der Waals surface area contributed by atoms with E-state index in [0.29, 0.717) is 12.3 Å². The molecule has 0 aliphatic heterocycles. The van der Waals surface area contributed by atoms with Crippen molar-refractivity contribution in [2.45, 2.75) is 6.54 Å². The standard InChI is InChI=1S/C11H11N3O2S/c1-8(7-17)6-13-11-4-10(14(15)16)3-2-9(11)5-12-13/h2-5,17H,1,6-7H2. The van der Waals surface area contributed by atoms with Crippen molar-refractivity contribution in [3.05, 3.63) is 46.7 Å². The van der Waals surface area contributed by atoms with Crippen LogP contribution in [0.15, 0.2) is 36.5 Å². The molecule has 2 rings (SSSR count). The lowest BCUT2D eigenvalue weighted by molar-refractivity contribution is -0.384. The van der Waals surface area contributed by atoms with Gasteiger partial charge in [-0.3, -0.25) is 14.8 Å². The first kappa shape index (κ1) is 11.7. The number of benzene rings is 1. The van der Waals surface area contributed by atoms with Crippen molar-refractivity contribution in [1.29, 1.82) is 0 Å². The topological polar surface area (TPSA) is 61.0 Å². The van der Waals surface area contributed by atoms with Crippen LogP contribution in [0.1, 0.15) is 0 Å². The van der Waals surface area contributed by atoms with E-state index in [-0.39, 0.29) is 5.69 Å². The highest BCUT2D eigenvalue weighted by molar-refractivity contribution is 7.80.